The van der Waals surface area contributed by atoms with E-state index >= 15 is 0 Å². The normalized spacial score (nSPS) is 30.0. The lowest BCUT2D eigenvalue weighted by Gasteiger charge is -2.46. The van der Waals surface area contributed by atoms with E-state index in [9.17, 15) is 29.9 Å². The van der Waals surface area contributed by atoms with Crippen molar-refractivity contribution in [2.75, 3.05) is 6.61 Å². The van der Waals surface area contributed by atoms with Crippen molar-refractivity contribution in [3.63, 3.8) is 0 Å². The first-order chi connectivity index (χ1) is 13.8. The van der Waals surface area contributed by atoms with Crippen LogP contribution in [0.3, 0.4) is 0 Å². The van der Waals surface area contributed by atoms with Gasteiger partial charge in [0, 0.05) is 28.5 Å². The molecule has 0 amide bonds. The molecule has 3 aromatic rings. The molecule has 0 radical (unpaired) electrons. The summed E-state index contributed by atoms with van der Waals surface area (Å²) in [7, 11) is 0. The molecule has 154 valence electrons. The van der Waals surface area contributed by atoms with E-state index in [2.05, 4.69) is 0 Å². The second-order valence-corrected chi connectivity index (χ2v) is 8.90. The van der Waals surface area contributed by atoms with Crippen LogP contribution in [0.25, 0.3) is 10.1 Å². The summed E-state index contributed by atoms with van der Waals surface area (Å²) in [6.07, 6.45) is -4.48. The van der Waals surface area contributed by atoms with Crippen molar-refractivity contribution in [3.8, 4) is 0 Å². The summed E-state index contributed by atoms with van der Waals surface area (Å²) in [5.74, 6) is -1.24. The van der Waals surface area contributed by atoms with Crippen LogP contribution in [-0.4, -0.2) is 50.5 Å². The molecule has 1 heterocycles. The van der Waals surface area contributed by atoms with Crippen molar-refractivity contribution in [2.45, 2.75) is 36.8 Å². The molecular weight excluding hydrogens is 395 g/mol. The second kappa shape index (κ2) is 7.75. The molecule has 5 nitrogen and oxygen atoms in total. The van der Waals surface area contributed by atoms with Crippen LogP contribution in [-0.2, 0) is 12.0 Å². The summed E-state index contributed by atoms with van der Waals surface area (Å²) in [6, 6.07) is 14.0. The van der Waals surface area contributed by atoms with E-state index in [0.717, 1.165) is 15.0 Å². The predicted molar refractivity (Wildman–Crippen MR) is 108 cm³/mol. The van der Waals surface area contributed by atoms with Gasteiger partial charge in [-0.1, -0.05) is 24.3 Å². The highest BCUT2D eigenvalue weighted by molar-refractivity contribution is 7.19. The van der Waals surface area contributed by atoms with Gasteiger partial charge in [0.05, 0.1) is 6.10 Å². The average Bonchev–Trinajstić information content (AvgIpc) is 3.13. The summed E-state index contributed by atoms with van der Waals surface area (Å²) in [5, 5.41) is 52.3. The minimum absolute atomic E-state index is 0.156. The van der Waals surface area contributed by atoms with Gasteiger partial charge in [-0.15, -0.1) is 11.3 Å². The van der Waals surface area contributed by atoms with Crippen molar-refractivity contribution in [2.24, 2.45) is 5.92 Å². The van der Waals surface area contributed by atoms with E-state index in [-0.39, 0.29) is 12.0 Å². The Bertz CT molecular complexity index is 986. The fraction of sp³-hybridized carbons (Fsp3) is 0.364. The second-order valence-electron chi connectivity index (χ2n) is 7.73. The molecule has 29 heavy (non-hydrogen) atoms. The lowest BCUT2D eigenvalue weighted by atomic mass is 9.69. The number of thiophene rings is 1. The largest absolute Gasteiger partial charge is 0.396 e. The molecular formula is C22H23FO5S. The van der Waals surface area contributed by atoms with Crippen LogP contribution >= 0.6 is 11.3 Å². The van der Waals surface area contributed by atoms with Gasteiger partial charge >= 0.3 is 0 Å². The molecule has 1 aliphatic carbocycles. The summed E-state index contributed by atoms with van der Waals surface area (Å²) in [6.45, 7) is -0.455. The van der Waals surface area contributed by atoms with Gasteiger partial charge in [0.1, 0.15) is 23.6 Å². The minimum atomic E-state index is -1.91. The maximum absolute atomic E-state index is 14.5. The lowest BCUT2D eigenvalue weighted by Crippen LogP contribution is -2.59. The van der Waals surface area contributed by atoms with Crippen LogP contribution in [0.4, 0.5) is 4.39 Å². The van der Waals surface area contributed by atoms with Crippen molar-refractivity contribution in [3.05, 3.63) is 70.4 Å². The van der Waals surface area contributed by atoms with Gasteiger partial charge in [0.25, 0.3) is 0 Å². The van der Waals surface area contributed by atoms with E-state index in [0.29, 0.717) is 12.0 Å². The number of hydrogen-bond acceptors (Lipinski definition) is 6. The molecule has 5 N–H and O–H groups in total. The van der Waals surface area contributed by atoms with Gasteiger partial charge in [-0.25, -0.2) is 4.39 Å². The number of hydrogen-bond donors (Lipinski definition) is 5. The maximum atomic E-state index is 14.5. The van der Waals surface area contributed by atoms with E-state index < -0.39 is 42.3 Å². The third-order valence-corrected chi connectivity index (χ3v) is 6.96. The zero-order chi connectivity index (χ0) is 20.8. The zero-order valence-electron chi connectivity index (χ0n) is 15.6. The van der Waals surface area contributed by atoms with Gasteiger partial charge in [-0.05, 0) is 47.2 Å². The molecule has 1 fully saturated rings. The number of halogens is 1. The Morgan fingerprint density at radius 3 is 2.52 bits per heavy atom. The van der Waals surface area contributed by atoms with E-state index in [4.69, 9.17) is 0 Å². The standard InChI is InChI=1S/C22H23FO5S/c23-17-6-5-15(22(28)10-14(11-24)19(25)20(26)21(22)27)7-13(17)9-16-8-12-3-1-2-4-18(12)29-16/h1-8,14,19-21,24-28H,9-11H2/t14-,19-,20+,21-,22+/m1/s1. The Hall–Kier alpha value is -1.87. The molecule has 1 aliphatic rings. The fourth-order valence-corrected chi connectivity index (χ4v) is 5.23. The zero-order valence-corrected chi connectivity index (χ0v) is 16.4. The SMILES string of the molecule is OC[C@H]1C[C@](O)(c2ccc(F)c(Cc3cc4ccccc4s3)c2)[C@H](O)[C@@H](O)[C@@H]1O. The van der Waals surface area contributed by atoms with Crippen LogP contribution in [0, 0.1) is 11.7 Å². The highest BCUT2D eigenvalue weighted by Gasteiger charge is 2.52. The van der Waals surface area contributed by atoms with Gasteiger partial charge in [-0.3, -0.25) is 0 Å². The van der Waals surface area contributed by atoms with Gasteiger partial charge in [-0.2, -0.15) is 0 Å². The number of benzene rings is 2. The van der Waals surface area contributed by atoms with E-state index in [1.807, 2.05) is 30.3 Å². The van der Waals surface area contributed by atoms with Crippen LogP contribution in [0.1, 0.15) is 22.4 Å². The quantitative estimate of drug-likeness (QED) is 0.446. The Labute approximate surface area is 171 Å². The van der Waals surface area contributed by atoms with Gasteiger partial charge in [0.2, 0.25) is 0 Å². The summed E-state index contributed by atoms with van der Waals surface area (Å²) < 4.78 is 15.6. The Kier molecular flexibility index (Phi) is 5.46. The highest BCUT2D eigenvalue weighted by Crippen LogP contribution is 2.41. The van der Waals surface area contributed by atoms with Crippen molar-refractivity contribution >= 4 is 21.4 Å². The van der Waals surface area contributed by atoms with E-state index in [1.165, 1.54) is 18.2 Å². The summed E-state index contributed by atoms with van der Waals surface area (Å²) >= 11 is 1.56. The van der Waals surface area contributed by atoms with Crippen LogP contribution in [0.15, 0.2) is 48.5 Å². The maximum Gasteiger partial charge on any atom is 0.126 e. The minimum Gasteiger partial charge on any atom is -0.396 e. The first-order valence-electron chi connectivity index (χ1n) is 9.47. The third-order valence-electron chi connectivity index (χ3n) is 5.84. The number of fused-ring (bicyclic) bond motifs is 1. The summed E-state index contributed by atoms with van der Waals surface area (Å²) in [5.41, 5.74) is -1.31. The van der Waals surface area contributed by atoms with E-state index in [1.54, 1.807) is 11.3 Å². The molecule has 1 saturated carbocycles. The summed E-state index contributed by atoms with van der Waals surface area (Å²) in [4.78, 5) is 0.960. The highest BCUT2D eigenvalue weighted by atomic mass is 32.1. The Balaban J connectivity index is 1.68. The number of aliphatic hydroxyl groups excluding tert-OH is 4. The number of aliphatic hydroxyl groups is 5. The van der Waals surface area contributed by atoms with Crippen LogP contribution in [0.2, 0.25) is 0 Å². The average molecular weight is 418 g/mol. The topological polar surface area (TPSA) is 101 Å². The molecule has 0 spiro atoms. The third kappa shape index (κ3) is 3.59. The number of rotatable bonds is 4. The molecule has 7 heteroatoms. The fourth-order valence-electron chi connectivity index (χ4n) is 4.14. The van der Waals surface area contributed by atoms with Crippen molar-refractivity contribution in [1.29, 1.82) is 0 Å². The molecule has 2 aromatic carbocycles. The monoisotopic (exact) mass is 418 g/mol. The Morgan fingerprint density at radius 1 is 1.03 bits per heavy atom. The Morgan fingerprint density at radius 2 is 1.79 bits per heavy atom. The lowest BCUT2D eigenvalue weighted by molar-refractivity contribution is -0.213. The molecule has 1 aromatic heterocycles. The smallest absolute Gasteiger partial charge is 0.126 e. The first-order valence-corrected chi connectivity index (χ1v) is 10.3. The molecule has 5 atom stereocenters. The molecule has 0 aliphatic heterocycles. The molecule has 4 rings (SSSR count). The van der Waals surface area contributed by atoms with Crippen LogP contribution < -0.4 is 0 Å². The van der Waals surface area contributed by atoms with Crippen LogP contribution in [0.5, 0.6) is 0 Å². The van der Waals surface area contributed by atoms with Crippen molar-refractivity contribution in [1.82, 2.24) is 0 Å². The van der Waals surface area contributed by atoms with Gasteiger partial charge < -0.3 is 25.5 Å². The molecule has 0 saturated heterocycles. The first kappa shape index (κ1) is 20.4. The van der Waals surface area contributed by atoms with Crippen molar-refractivity contribution < 1.29 is 29.9 Å². The van der Waals surface area contributed by atoms with Gasteiger partial charge in [0.15, 0.2) is 0 Å². The molecule has 0 bridgehead atoms. The molecule has 0 unspecified atom stereocenters. The predicted octanol–water partition coefficient (Wildman–Crippen LogP) is 1.91.